The molecule has 0 aromatic heterocycles. The molecule has 4 aromatic carbocycles. The van der Waals surface area contributed by atoms with E-state index in [0.29, 0.717) is 5.69 Å². The average molecular weight is 441 g/mol. The van der Waals surface area contributed by atoms with Crippen LogP contribution in [0.5, 0.6) is 0 Å². The number of amides is 1. The molecule has 0 fully saturated rings. The van der Waals surface area contributed by atoms with Crippen LogP contribution in [0.3, 0.4) is 0 Å². The van der Waals surface area contributed by atoms with E-state index >= 15 is 0 Å². The molecular weight excluding hydrogens is 415 g/mol. The molecule has 0 aliphatic carbocycles. The van der Waals surface area contributed by atoms with Crippen LogP contribution in [0.1, 0.15) is 27.0 Å². The molecule has 33 heavy (non-hydrogen) atoms. The van der Waals surface area contributed by atoms with Crippen molar-refractivity contribution >= 4 is 11.6 Å². The van der Waals surface area contributed by atoms with Gasteiger partial charge in [-0.15, -0.1) is 0 Å². The predicted octanol–water partition coefficient (Wildman–Crippen LogP) is 5.56. The van der Waals surface area contributed by atoms with Crippen molar-refractivity contribution < 1.29 is 13.9 Å². The molecule has 0 aliphatic heterocycles. The zero-order valence-electron chi connectivity index (χ0n) is 18.3. The Hall–Kier alpha value is -3.96. The van der Waals surface area contributed by atoms with E-state index in [4.69, 9.17) is 4.74 Å². The molecule has 4 nitrogen and oxygen atoms in total. The number of anilines is 1. The summed E-state index contributed by atoms with van der Waals surface area (Å²) in [5.74, 6) is -1.17. The van der Waals surface area contributed by atoms with Crippen molar-refractivity contribution in [3.05, 3.63) is 137 Å². The van der Waals surface area contributed by atoms with Crippen LogP contribution in [0.4, 0.5) is 10.1 Å². The number of methoxy groups -OCH3 is 1. The van der Waals surface area contributed by atoms with Crippen LogP contribution in [0.2, 0.25) is 0 Å². The third-order valence-electron chi connectivity index (χ3n) is 5.56. The van der Waals surface area contributed by atoms with Gasteiger partial charge >= 0.3 is 0 Å². The van der Waals surface area contributed by atoms with Gasteiger partial charge in [-0.05, 0) is 28.8 Å². The van der Waals surface area contributed by atoms with Crippen molar-refractivity contribution in [2.75, 3.05) is 19.2 Å². The van der Waals surface area contributed by atoms with E-state index in [1.54, 1.807) is 12.1 Å². The Bertz CT molecular complexity index is 1100. The molecule has 0 spiro atoms. The van der Waals surface area contributed by atoms with Crippen LogP contribution in [0, 0.1) is 5.82 Å². The number of hydrogen-bond acceptors (Lipinski definition) is 3. The van der Waals surface area contributed by atoms with Crippen LogP contribution in [-0.2, 0) is 10.3 Å². The fraction of sp³-hybridized carbons (Fsp3) is 0.107. The fourth-order valence-corrected chi connectivity index (χ4v) is 4.07. The fourth-order valence-electron chi connectivity index (χ4n) is 4.07. The van der Waals surface area contributed by atoms with Crippen molar-refractivity contribution in [3.63, 3.8) is 0 Å². The SMILES string of the molecule is COCNC(=O)c1c(F)cccc1NC(c1ccccc1)(c1ccccc1)c1ccccc1. The van der Waals surface area contributed by atoms with Gasteiger partial charge in [-0.2, -0.15) is 0 Å². The number of halogens is 1. The Kier molecular flexibility index (Phi) is 6.81. The molecule has 0 unspecified atom stereocenters. The normalized spacial score (nSPS) is 11.1. The molecule has 0 saturated carbocycles. The Morgan fingerprint density at radius 1 is 0.758 bits per heavy atom. The second-order valence-electron chi connectivity index (χ2n) is 7.57. The highest BCUT2D eigenvalue weighted by molar-refractivity contribution is 6.00. The van der Waals surface area contributed by atoms with E-state index in [9.17, 15) is 9.18 Å². The summed E-state index contributed by atoms with van der Waals surface area (Å²) < 4.78 is 19.9. The lowest BCUT2D eigenvalue weighted by Crippen LogP contribution is -2.39. The van der Waals surface area contributed by atoms with Crippen molar-refractivity contribution in [2.24, 2.45) is 0 Å². The lowest BCUT2D eigenvalue weighted by atomic mass is 9.76. The number of ether oxygens (including phenoxy) is 1. The van der Waals surface area contributed by atoms with Gasteiger partial charge in [-0.25, -0.2) is 4.39 Å². The molecule has 0 aliphatic rings. The van der Waals surface area contributed by atoms with Crippen LogP contribution in [-0.4, -0.2) is 19.7 Å². The van der Waals surface area contributed by atoms with Gasteiger partial charge in [0.2, 0.25) is 0 Å². The Morgan fingerprint density at radius 2 is 1.24 bits per heavy atom. The van der Waals surface area contributed by atoms with E-state index < -0.39 is 17.3 Å². The largest absolute Gasteiger partial charge is 0.367 e. The maximum atomic E-state index is 15.0. The quantitative estimate of drug-likeness (QED) is 0.278. The molecule has 0 saturated heterocycles. The first-order valence-corrected chi connectivity index (χ1v) is 10.7. The lowest BCUT2D eigenvalue weighted by molar-refractivity contribution is 0.0869. The summed E-state index contributed by atoms with van der Waals surface area (Å²) in [5.41, 5.74) is 2.29. The number of rotatable bonds is 8. The summed E-state index contributed by atoms with van der Waals surface area (Å²) in [6.07, 6.45) is 0. The molecule has 0 heterocycles. The molecule has 2 N–H and O–H groups in total. The highest BCUT2D eigenvalue weighted by Crippen LogP contribution is 2.40. The molecular formula is C28H25FN2O2. The van der Waals surface area contributed by atoms with E-state index in [0.717, 1.165) is 16.7 Å². The van der Waals surface area contributed by atoms with E-state index in [1.807, 2.05) is 91.0 Å². The summed E-state index contributed by atoms with van der Waals surface area (Å²) >= 11 is 0. The second-order valence-corrected chi connectivity index (χ2v) is 7.57. The first kappa shape index (κ1) is 22.2. The van der Waals surface area contributed by atoms with E-state index in [1.165, 1.54) is 13.2 Å². The van der Waals surface area contributed by atoms with E-state index in [-0.39, 0.29) is 12.3 Å². The van der Waals surface area contributed by atoms with Gasteiger partial charge in [0.25, 0.3) is 5.91 Å². The highest BCUT2D eigenvalue weighted by Gasteiger charge is 2.37. The lowest BCUT2D eigenvalue weighted by Gasteiger charge is -2.38. The zero-order chi connectivity index (χ0) is 23.1. The van der Waals surface area contributed by atoms with Crippen LogP contribution >= 0.6 is 0 Å². The number of nitrogens with one attached hydrogen (secondary N) is 2. The zero-order valence-corrected chi connectivity index (χ0v) is 18.3. The van der Waals surface area contributed by atoms with Gasteiger partial charge < -0.3 is 15.4 Å². The molecule has 0 radical (unpaired) electrons. The molecule has 166 valence electrons. The molecule has 4 rings (SSSR count). The van der Waals surface area contributed by atoms with Crippen molar-refractivity contribution in [1.82, 2.24) is 5.32 Å². The third-order valence-corrected chi connectivity index (χ3v) is 5.56. The Morgan fingerprint density at radius 3 is 1.70 bits per heavy atom. The number of benzene rings is 4. The molecule has 0 bridgehead atoms. The van der Waals surface area contributed by atoms with Gasteiger partial charge in [0, 0.05) is 7.11 Å². The summed E-state index contributed by atoms with van der Waals surface area (Å²) in [6.45, 7) is -0.0200. The number of carbonyl (C=O) groups excluding carboxylic acids is 1. The maximum absolute atomic E-state index is 15.0. The minimum atomic E-state index is -0.881. The van der Waals surface area contributed by atoms with Gasteiger partial charge in [-0.1, -0.05) is 97.1 Å². The molecule has 5 heteroatoms. The highest BCUT2D eigenvalue weighted by atomic mass is 19.1. The molecule has 4 aromatic rings. The van der Waals surface area contributed by atoms with Crippen molar-refractivity contribution in [2.45, 2.75) is 5.54 Å². The monoisotopic (exact) mass is 440 g/mol. The van der Waals surface area contributed by atoms with Crippen LogP contribution in [0.25, 0.3) is 0 Å². The number of hydrogen-bond donors (Lipinski definition) is 2. The first-order valence-electron chi connectivity index (χ1n) is 10.7. The van der Waals surface area contributed by atoms with Gasteiger partial charge in [0.1, 0.15) is 18.1 Å². The Balaban J connectivity index is 1.97. The minimum Gasteiger partial charge on any atom is -0.367 e. The number of carbonyl (C=O) groups is 1. The average Bonchev–Trinajstić information content (AvgIpc) is 2.87. The standard InChI is InChI=1S/C28H25FN2O2/c1-33-20-30-27(32)26-24(29)18-11-19-25(26)31-28(21-12-5-2-6-13-21,22-14-7-3-8-15-22)23-16-9-4-10-17-23/h2-19,31H,20H2,1H3,(H,30,32). The summed E-state index contributed by atoms with van der Waals surface area (Å²) in [5, 5.41) is 6.16. The van der Waals surface area contributed by atoms with Crippen molar-refractivity contribution in [1.29, 1.82) is 0 Å². The minimum absolute atomic E-state index is 0.0200. The van der Waals surface area contributed by atoms with Crippen LogP contribution < -0.4 is 10.6 Å². The first-order chi connectivity index (χ1) is 16.2. The summed E-state index contributed by atoms with van der Waals surface area (Å²) in [6, 6.07) is 34.4. The molecule has 0 atom stereocenters. The smallest absolute Gasteiger partial charge is 0.258 e. The van der Waals surface area contributed by atoms with E-state index in [2.05, 4.69) is 10.6 Å². The predicted molar refractivity (Wildman–Crippen MR) is 129 cm³/mol. The summed E-state index contributed by atoms with van der Waals surface area (Å²) in [4.78, 5) is 12.9. The topological polar surface area (TPSA) is 50.4 Å². The maximum Gasteiger partial charge on any atom is 0.258 e. The second kappa shape index (κ2) is 10.1. The summed E-state index contributed by atoms with van der Waals surface area (Å²) in [7, 11) is 1.46. The molecule has 1 amide bonds. The Labute approximate surface area is 193 Å². The van der Waals surface area contributed by atoms with Gasteiger partial charge in [0.15, 0.2) is 0 Å². The van der Waals surface area contributed by atoms with Gasteiger partial charge in [0.05, 0.1) is 11.3 Å². The van der Waals surface area contributed by atoms with Crippen LogP contribution in [0.15, 0.2) is 109 Å². The van der Waals surface area contributed by atoms with Gasteiger partial charge in [-0.3, -0.25) is 4.79 Å². The van der Waals surface area contributed by atoms with Crippen molar-refractivity contribution in [3.8, 4) is 0 Å². The third kappa shape index (κ3) is 4.49.